The summed E-state index contributed by atoms with van der Waals surface area (Å²) in [6.07, 6.45) is -0.413. The van der Waals surface area contributed by atoms with Crippen molar-refractivity contribution in [3.63, 3.8) is 0 Å². The van der Waals surface area contributed by atoms with Gasteiger partial charge in [0.25, 0.3) is 0 Å². The molecule has 0 spiro atoms. The van der Waals surface area contributed by atoms with E-state index in [1.54, 1.807) is 12.1 Å². The molecule has 0 aliphatic carbocycles. The molecule has 0 amide bonds. The topological polar surface area (TPSA) is 82.1 Å². The number of hydrogen-bond acceptors (Lipinski definition) is 7. The molecule has 0 radical (unpaired) electrons. The van der Waals surface area contributed by atoms with Gasteiger partial charge in [-0.05, 0) is 18.2 Å². The number of nitrogens with zero attached hydrogens (tertiary/aromatic N) is 1. The minimum atomic E-state index is -3.57. The van der Waals surface area contributed by atoms with Crippen LogP contribution in [0.4, 0.5) is 0 Å². The predicted molar refractivity (Wildman–Crippen MR) is 91.8 cm³/mol. The minimum Gasteiger partial charge on any atom is -0.486 e. The van der Waals surface area contributed by atoms with Crippen LogP contribution in [0.25, 0.3) is 0 Å². The molecule has 1 aliphatic rings. The molecule has 134 valence electrons. The van der Waals surface area contributed by atoms with Crippen molar-refractivity contribution in [1.29, 1.82) is 0 Å². The standard InChI is InChI=1S/C16H17NO6S2/c1-17(2)25(19,20)12-7-15(24-10-12)16(18)22-9-11-8-21-13-5-3-4-6-14(13)23-11/h3-7,10-11H,8-9H2,1-2H3/t11-/m1/s1. The third-order valence-corrected chi connectivity index (χ3v) is 6.38. The fourth-order valence-corrected chi connectivity index (χ4v) is 4.21. The average molecular weight is 383 g/mol. The van der Waals surface area contributed by atoms with E-state index in [1.165, 1.54) is 25.5 Å². The molecule has 0 saturated carbocycles. The maximum Gasteiger partial charge on any atom is 0.348 e. The zero-order valence-corrected chi connectivity index (χ0v) is 15.3. The first-order valence-electron chi connectivity index (χ1n) is 7.44. The number of sulfonamides is 1. The van der Waals surface area contributed by atoms with Crippen LogP contribution in [0.5, 0.6) is 11.5 Å². The Bertz CT molecular complexity index is 874. The summed E-state index contributed by atoms with van der Waals surface area (Å²) in [7, 11) is -0.700. The molecule has 1 aromatic heterocycles. The molecule has 1 aromatic carbocycles. The number of para-hydroxylation sites is 2. The smallest absolute Gasteiger partial charge is 0.348 e. The van der Waals surface area contributed by atoms with Crippen LogP contribution < -0.4 is 9.47 Å². The van der Waals surface area contributed by atoms with Crippen LogP contribution in [0, 0.1) is 0 Å². The molecular formula is C16H17NO6S2. The summed E-state index contributed by atoms with van der Waals surface area (Å²) < 4.78 is 41.6. The lowest BCUT2D eigenvalue weighted by Crippen LogP contribution is -2.34. The number of fused-ring (bicyclic) bond motifs is 1. The number of benzene rings is 1. The van der Waals surface area contributed by atoms with Crippen molar-refractivity contribution in [2.24, 2.45) is 0 Å². The summed E-state index contributed by atoms with van der Waals surface area (Å²) in [6, 6.07) is 8.57. The summed E-state index contributed by atoms with van der Waals surface area (Å²) >= 11 is 1.02. The van der Waals surface area contributed by atoms with Gasteiger partial charge < -0.3 is 14.2 Å². The normalized spacial score (nSPS) is 16.7. The largest absolute Gasteiger partial charge is 0.486 e. The zero-order chi connectivity index (χ0) is 18.0. The van der Waals surface area contributed by atoms with E-state index in [4.69, 9.17) is 14.2 Å². The second-order valence-corrected chi connectivity index (χ2v) is 8.59. The SMILES string of the molecule is CN(C)S(=O)(=O)c1csc(C(=O)OC[C@H]2COc3ccccc3O2)c1. The Balaban J connectivity index is 1.60. The maximum atomic E-state index is 12.1. The second kappa shape index (κ2) is 7.03. The van der Waals surface area contributed by atoms with Crippen LogP contribution in [0.1, 0.15) is 9.67 Å². The Hall–Kier alpha value is -2.10. The van der Waals surface area contributed by atoms with Gasteiger partial charge in [-0.25, -0.2) is 17.5 Å². The lowest BCUT2D eigenvalue weighted by Gasteiger charge is -2.25. The van der Waals surface area contributed by atoms with E-state index in [0.29, 0.717) is 11.5 Å². The van der Waals surface area contributed by atoms with E-state index < -0.39 is 22.1 Å². The highest BCUT2D eigenvalue weighted by atomic mass is 32.2. The molecule has 1 aliphatic heterocycles. The highest BCUT2D eigenvalue weighted by Gasteiger charge is 2.24. The molecule has 0 bridgehead atoms. The molecule has 0 saturated heterocycles. The van der Waals surface area contributed by atoms with Crippen molar-refractivity contribution in [2.45, 2.75) is 11.0 Å². The van der Waals surface area contributed by atoms with Crippen LogP contribution in [0.15, 0.2) is 40.6 Å². The van der Waals surface area contributed by atoms with E-state index in [2.05, 4.69) is 0 Å². The Morgan fingerprint density at radius 3 is 2.76 bits per heavy atom. The van der Waals surface area contributed by atoms with Crippen molar-refractivity contribution in [3.8, 4) is 11.5 Å². The van der Waals surface area contributed by atoms with Gasteiger partial charge >= 0.3 is 5.97 Å². The van der Waals surface area contributed by atoms with Gasteiger partial charge in [-0.1, -0.05) is 12.1 Å². The molecule has 0 unspecified atom stereocenters. The number of carbonyl (C=O) groups excluding carboxylic acids is 1. The molecule has 2 aromatic rings. The molecular weight excluding hydrogens is 366 g/mol. The van der Waals surface area contributed by atoms with Crippen LogP contribution in [0.2, 0.25) is 0 Å². The van der Waals surface area contributed by atoms with Crippen LogP contribution in [-0.4, -0.2) is 52.1 Å². The third-order valence-electron chi connectivity index (χ3n) is 3.52. The second-order valence-electron chi connectivity index (χ2n) is 5.53. The number of carbonyl (C=O) groups is 1. The maximum absolute atomic E-state index is 12.1. The zero-order valence-electron chi connectivity index (χ0n) is 13.7. The van der Waals surface area contributed by atoms with Gasteiger partial charge in [0, 0.05) is 19.5 Å². The summed E-state index contributed by atoms with van der Waals surface area (Å²) in [5, 5.41) is 1.42. The Labute approximate surface area is 149 Å². The van der Waals surface area contributed by atoms with Crippen molar-refractivity contribution < 1.29 is 27.4 Å². The lowest BCUT2D eigenvalue weighted by molar-refractivity contribution is 0.0113. The van der Waals surface area contributed by atoms with Crippen molar-refractivity contribution in [3.05, 3.63) is 40.6 Å². The molecule has 1 atom stereocenters. The first-order valence-corrected chi connectivity index (χ1v) is 9.76. The van der Waals surface area contributed by atoms with Crippen LogP contribution >= 0.6 is 11.3 Å². The number of rotatable bonds is 5. The molecule has 2 heterocycles. The van der Waals surface area contributed by atoms with Gasteiger partial charge in [0.2, 0.25) is 10.0 Å². The van der Waals surface area contributed by atoms with Gasteiger partial charge in [0.05, 0.1) is 4.90 Å². The highest BCUT2D eigenvalue weighted by Crippen LogP contribution is 2.31. The van der Waals surface area contributed by atoms with E-state index in [9.17, 15) is 13.2 Å². The summed E-state index contributed by atoms with van der Waals surface area (Å²) in [4.78, 5) is 12.4. The number of ether oxygens (including phenoxy) is 3. The quantitative estimate of drug-likeness (QED) is 0.735. The van der Waals surface area contributed by atoms with Crippen molar-refractivity contribution in [2.75, 3.05) is 27.3 Å². The summed E-state index contributed by atoms with van der Waals surface area (Å²) in [5.74, 6) is 0.666. The molecule has 0 fully saturated rings. The van der Waals surface area contributed by atoms with Crippen molar-refractivity contribution in [1.82, 2.24) is 4.31 Å². The monoisotopic (exact) mass is 383 g/mol. The van der Waals surface area contributed by atoms with E-state index in [1.807, 2.05) is 12.1 Å². The van der Waals surface area contributed by atoms with Gasteiger partial charge in [-0.2, -0.15) is 0 Å². The molecule has 25 heavy (non-hydrogen) atoms. The van der Waals surface area contributed by atoms with Crippen LogP contribution in [-0.2, 0) is 14.8 Å². The average Bonchev–Trinajstić information content (AvgIpc) is 3.10. The number of thiophene rings is 1. The van der Waals surface area contributed by atoms with Gasteiger partial charge in [0.1, 0.15) is 18.1 Å². The predicted octanol–water partition coefficient (Wildman–Crippen LogP) is 2.00. The summed E-state index contributed by atoms with van der Waals surface area (Å²) in [5.41, 5.74) is 0. The first kappa shape index (κ1) is 17.7. The van der Waals surface area contributed by atoms with E-state index in [0.717, 1.165) is 15.6 Å². The van der Waals surface area contributed by atoms with Crippen molar-refractivity contribution >= 4 is 27.3 Å². The molecule has 3 rings (SSSR count). The highest BCUT2D eigenvalue weighted by molar-refractivity contribution is 7.89. The van der Waals surface area contributed by atoms with Gasteiger partial charge in [-0.15, -0.1) is 11.3 Å². The third kappa shape index (κ3) is 3.78. The Kier molecular flexibility index (Phi) is 4.98. The minimum absolute atomic E-state index is 0.0147. The molecule has 7 nitrogen and oxygen atoms in total. The van der Waals surface area contributed by atoms with E-state index in [-0.39, 0.29) is 23.0 Å². The van der Waals surface area contributed by atoms with Gasteiger partial charge in [0.15, 0.2) is 17.6 Å². The fourth-order valence-electron chi connectivity index (χ4n) is 2.16. The fraction of sp³-hybridized carbons (Fsp3) is 0.312. The van der Waals surface area contributed by atoms with Gasteiger partial charge in [-0.3, -0.25) is 0 Å². The first-order chi connectivity index (χ1) is 11.9. The Morgan fingerprint density at radius 2 is 2.04 bits per heavy atom. The molecule has 9 heteroatoms. The Morgan fingerprint density at radius 1 is 1.32 bits per heavy atom. The van der Waals surface area contributed by atoms with E-state index >= 15 is 0 Å². The lowest BCUT2D eigenvalue weighted by atomic mass is 10.3. The summed E-state index contributed by atoms with van der Waals surface area (Å²) in [6.45, 7) is 0.288. The molecule has 0 N–H and O–H groups in total. The van der Waals surface area contributed by atoms with Crippen LogP contribution in [0.3, 0.4) is 0 Å². The number of esters is 1. The number of hydrogen-bond donors (Lipinski definition) is 0.